The first-order valence-corrected chi connectivity index (χ1v) is 10.1. The molecule has 0 spiro atoms. The first-order valence-electron chi connectivity index (χ1n) is 10.1. The number of carboxylic acid groups (broad SMARTS) is 1. The van der Waals surface area contributed by atoms with E-state index in [0.717, 1.165) is 43.9 Å². The van der Waals surface area contributed by atoms with Crippen molar-refractivity contribution in [2.45, 2.75) is 64.3 Å². The van der Waals surface area contributed by atoms with E-state index in [4.69, 9.17) is 14.6 Å². The first kappa shape index (κ1) is 21.3. The van der Waals surface area contributed by atoms with E-state index >= 15 is 0 Å². The number of benzene rings is 1. The van der Waals surface area contributed by atoms with Gasteiger partial charge in [0.05, 0.1) is 0 Å². The molecule has 2 rings (SSSR count). The number of carboxylic acids is 1. The molecule has 0 aliphatic carbocycles. The minimum absolute atomic E-state index is 0.229. The fraction of sp³-hybridized carbons (Fsp3) is 0.591. The summed E-state index contributed by atoms with van der Waals surface area (Å²) >= 11 is 0. The van der Waals surface area contributed by atoms with Crippen molar-refractivity contribution in [1.29, 1.82) is 0 Å². The molecule has 1 aliphatic heterocycles. The maximum absolute atomic E-state index is 10.9. The molecule has 5 heteroatoms. The Morgan fingerprint density at radius 3 is 2.70 bits per heavy atom. The predicted molar refractivity (Wildman–Crippen MR) is 107 cm³/mol. The molecular formula is C22H33NO4. The lowest BCUT2D eigenvalue weighted by molar-refractivity contribution is -0.137. The van der Waals surface area contributed by atoms with E-state index in [1.54, 1.807) is 0 Å². The topological polar surface area (TPSA) is 59.0 Å². The van der Waals surface area contributed by atoms with Crippen molar-refractivity contribution >= 4 is 5.97 Å². The van der Waals surface area contributed by atoms with Crippen LogP contribution in [0.4, 0.5) is 0 Å². The molecule has 5 nitrogen and oxygen atoms in total. The number of allylic oxidation sites excluding steroid dienone is 1. The minimum Gasteiger partial charge on any atom is -0.481 e. The van der Waals surface area contributed by atoms with Crippen molar-refractivity contribution in [1.82, 2.24) is 4.90 Å². The van der Waals surface area contributed by atoms with Gasteiger partial charge in [-0.1, -0.05) is 25.0 Å². The van der Waals surface area contributed by atoms with Crippen LogP contribution in [0.25, 0.3) is 0 Å². The van der Waals surface area contributed by atoms with Crippen molar-refractivity contribution < 1.29 is 19.4 Å². The second kappa shape index (κ2) is 11.7. The van der Waals surface area contributed by atoms with Gasteiger partial charge >= 0.3 is 5.97 Å². The molecule has 1 N–H and O–H groups in total. The molecule has 1 atom stereocenters. The summed E-state index contributed by atoms with van der Waals surface area (Å²) in [6.45, 7) is 8.12. The van der Waals surface area contributed by atoms with Gasteiger partial charge in [0.2, 0.25) is 6.79 Å². The van der Waals surface area contributed by atoms with Gasteiger partial charge in [-0.3, -0.25) is 4.79 Å². The third-order valence-corrected chi connectivity index (χ3v) is 5.03. The van der Waals surface area contributed by atoms with Crippen molar-refractivity contribution in [3.63, 3.8) is 0 Å². The maximum atomic E-state index is 10.9. The van der Waals surface area contributed by atoms with E-state index in [9.17, 15) is 4.79 Å². The van der Waals surface area contributed by atoms with Gasteiger partial charge in [-0.15, -0.1) is 6.58 Å². The van der Waals surface area contributed by atoms with E-state index < -0.39 is 5.97 Å². The van der Waals surface area contributed by atoms with Gasteiger partial charge in [-0.05, 0) is 69.8 Å². The Kier molecular flexibility index (Phi) is 9.19. The van der Waals surface area contributed by atoms with Crippen LogP contribution in [-0.4, -0.2) is 41.9 Å². The molecule has 1 heterocycles. The SMILES string of the molecule is C=CCCCCCCN(CCCC(=O)O)C(C)Cc1ccc2c(c1)OCO2. The standard InChI is InChI=1S/C22H33NO4/c1-3-4-5-6-7-8-13-23(14-9-10-22(24)25)18(2)15-19-11-12-20-21(16-19)27-17-26-20/h3,11-12,16,18H,1,4-10,13-15,17H2,2H3,(H,24,25). The van der Waals surface area contributed by atoms with Crippen LogP contribution in [0.2, 0.25) is 0 Å². The molecule has 0 bridgehead atoms. The number of fused-ring (bicyclic) bond motifs is 1. The highest BCUT2D eigenvalue weighted by Gasteiger charge is 2.17. The molecule has 1 aliphatic rings. The fourth-order valence-electron chi connectivity index (χ4n) is 3.48. The third kappa shape index (κ3) is 7.63. The molecule has 0 aromatic heterocycles. The second-order valence-corrected chi connectivity index (χ2v) is 7.27. The van der Waals surface area contributed by atoms with Crippen LogP contribution in [0, 0.1) is 0 Å². The molecule has 27 heavy (non-hydrogen) atoms. The fourth-order valence-corrected chi connectivity index (χ4v) is 3.48. The van der Waals surface area contributed by atoms with Gasteiger partial charge in [0.1, 0.15) is 0 Å². The lowest BCUT2D eigenvalue weighted by atomic mass is 10.0. The minimum atomic E-state index is -0.720. The number of unbranched alkanes of at least 4 members (excludes halogenated alkanes) is 4. The lowest BCUT2D eigenvalue weighted by Gasteiger charge is -2.29. The molecular weight excluding hydrogens is 342 g/mol. The molecule has 1 aromatic rings. The molecule has 0 saturated heterocycles. The summed E-state index contributed by atoms with van der Waals surface area (Å²) in [6, 6.07) is 6.48. The molecule has 0 saturated carbocycles. The highest BCUT2D eigenvalue weighted by Crippen LogP contribution is 2.33. The lowest BCUT2D eigenvalue weighted by Crippen LogP contribution is -2.36. The molecule has 1 unspecified atom stereocenters. The van der Waals surface area contributed by atoms with Crippen LogP contribution in [0.3, 0.4) is 0 Å². The van der Waals surface area contributed by atoms with Gasteiger partial charge < -0.3 is 19.5 Å². The van der Waals surface area contributed by atoms with Gasteiger partial charge in [-0.2, -0.15) is 0 Å². The summed E-state index contributed by atoms with van der Waals surface area (Å²) in [5.41, 5.74) is 1.22. The monoisotopic (exact) mass is 375 g/mol. The van der Waals surface area contributed by atoms with Crippen LogP contribution < -0.4 is 9.47 Å². The largest absolute Gasteiger partial charge is 0.481 e. The normalized spacial score (nSPS) is 13.7. The zero-order valence-electron chi connectivity index (χ0n) is 16.5. The summed E-state index contributed by atoms with van der Waals surface area (Å²) in [7, 11) is 0. The van der Waals surface area contributed by atoms with E-state index in [-0.39, 0.29) is 6.42 Å². The zero-order valence-corrected chi connectivity index (χ0v) is 16.5. The Labute approximate surface area is 163 Å². The number of ether oxygens (including phenoxy) is 2. The summed E-state index contributed by atoms with van der Waals surface area (Å²) < 4.78 is 10.9. The highest BCUT2D eigenvalue weighted by atomic mass is 16.7. The third-order valence-electron chi connectivity index (χ3n) is 5.03. The quantitative estimate of drug-likeness (QED) is 0.379. The number of nitrogens with zero attached hydrogens (tertiary/aromatic N) is 1. The summed E-state index contributed by atoms with van der Waals surface area (Å²) in [5, 5.41) is 8.93. The zero-order chi connectivity index (χ0) is 19.5. The average Bonchev–Trinajstić information content (AvgIpc) is 3.10. The number of aliphatic carboxylic acids is 1. The first-order chi connectivity index (χ1) is 13.1. The maximum Gasteiger partial charge on any atom is 0.303 e. The van der Waals surface area contributed by atoms with Crippen LogP contribution >= 0.6 is 0 Å². The molecule has 0 fully saturated rings. The van der Waals surface area contributed by atoms with Gasteiger partial charge in [0.15, 0.2) is 11.5 Å². The van der Waals surface area contributed by atoms with Crippen molar-refractivity contribution in [2.75, 3.05) is 19.9 Å². The Morgan fingerprint density at radius 1 is 1.19 bits per heavy atom. The summed E-state index contributed by atoms with van der Waals surface area (Å²) in [4.78, 5) is 13.3. The van der Waals surface area contributed by atoms with E-state index in [1.807, 2.05) is 12.1 Å². The predicted octanol–water partition coefficient (Wildman–Crippen LogP) is 4.65. The average molecular weight is 376 g/mol. The summed E-state index contributed by atoms with van der Waals surface area (Å²) in [5.74, 6) is 0.909. The number of hydrogen-bond donors (Lipinski definition) is 1. The molecule has 1 aromatic carbocycles. The Balaban J connectivity index is 1.85. The van der Waals surface area contributed by atoms with E-state index in [1.165, 1.54) is 24.8 Å². The molecule has 150 valence electrons. The Morgan fingerprint density at radius 2 is 1.93 bits per heavy atom. The van der Waals surface area contributed by atoms with Crippen molar-refractivity contribution in [3.05, 3.63) is 36.4 Å². The van der Waals surface area contributed by atoms with Gasteiger partial charge in [0, 0.05) is 12.5 Å². The van der Waals surface area contributed by atoms with Gasteiger partial charge in [-0.25, -0.2) is 0 Å². The van der Waals surface area contributed by atoms with E-state index in [2.05, 4.69) is 30.5 Å². The Hall–Kier alpha value is -2.01. The summed E-state index contributed by atoms with van der Waals surface area (Å²) in [6.07, 6.45) is 9.69. The van der Waals surface area contributed by atoms with E-state index in [0.29, 0.717) is 19.3 Å². The molecule has 0 amide bonds. The smallest absolute Gasteiger partial charge is 0.303 e. The van der Waals surface area contributed by atoms with Crippen LogP contribution in [0.15, 0.2) is 30.9 Å². The number of hydrogen-bond acceptors (Lipinski definition) is 4. The highest BCUT2D eigenvalue weighted by molar-refractivity contribution is 5.66. The van der Waals surface area contributed by atoms with Crippen molar-refractivity contribution in [3.8, 4) is 11.5 Å². The number of rotatable bonds is 14. The van der Waals surface area contributed by atoms with Crippen molar-refractivity contribution in [2.24, 2.45) is 0 Å². The van der Waals surface area contributed by atoms with Gasteiger partial charge in [0.25, 0.3) is 0 Å². The molecule has 0 radical (unpaired) electrons. The Bertz CT molecular complexity index is 602. The van der Waals surface area contributed by atoms with Crippen LogP contribution in [-0.2, 0) is 11.2 Å². The number of carbonyl (C=O) groups is 1. The van der Waals surface area contributed by atoms with Crippen LogP contribution in [0.1, 0.15) is 57.4 Å². The second-order valence-electron chi connectivity index (χ2n) is 7.27. The van der Waals surface area contributed by atoms with Crippen LogP contribution in [0.5, 0.6) is 11.5 Å².